The lowest BCUT2D eigenvalue weighted by molar-refractivity contribution is -0.125. The molecule has 144 valence electrons. The van der Waals surface area contributed by atoms with E-state index >= 15 is 0 Å². The number of piperidine rings is 1. The van der Waals surface area contributed by atoms with Crippen LogP contribution in [-0.2, 0) is 4.79 Å². The Bertz CT molecular complexity index is 749. The number of nitrogens with one attached hydrogen (secondary N) is 1. The Balaban J connectivity index is 1.59. The highest BCUT2D eigenvalue weighted by atomic mass is 16.2. The average molecular weight is 372 g/mol. The van der Waals surface area contributed by atoms with Gasteiger partial charge in [0.2, 0.25) is 5.91 Å². The summed E-state index contributed by atoms with van der Waals surface area (Å²) >= 11 is 0. The van der Waals surface area contributed by atoms with Crippen LogP contribution in [0.15, 0.2) is 24.3 Å². The molecule has 1 fully saturated rings. The third kappa shape index (κ3) is 3.51. The van der Waals surface area contributed by atoms with Crippen LogP contribution in [-0.4, -0.2) is 77.7 Å². The molecule has 0 aromatic heterocycles. The van der Waals surface area contributed by atoms with Gasteiger partial charge >= 0.3 is 6.03 Å². The quantitative estimate of drug-likeness (QED) is 0.800. The molecule has 1 N–H and O–H groups in total. The molecular formula is C19H24N4O4. The van der Waals surface area contributed by atoms with E-state index in [-0.39, 0.29) is 18.0 Å². The summed E-state index contributed by atoms with van der Waals surface area (Å²) in [5, 5.41) is 2.92. The number of benzene rings is 1. The van der Waals surface area contributed by atoms with Crippen molar-refractivity contribution in [2.24, 2.45) is 0 Å². The van der Waals surface area contributed by atoms with Crippen molar-refractivity contribution >= 4 is 23.8 Å². The second-order valence-electron chi connectivity index (χ2n) is 7.15. The lowest BCUT2D eigenvalue weighted by atomic mass is 10.0. The van der Waals surface area contributed by atoms with E-state index in [1.807, 2.05) is 0 Å². The summed E-state index contributed by atoms with van der Waals surface area (Å²) < 4.78 is 0. The SMILES string of the molecule is CC(C(=O)NC1CCN(C(=O)N(C)C)CC1)N1C(=O)c2ccccc2C1=O. The predicted octanol–water partition coefficient (Wildman–Crippen LogP) is 0.933. The van der Waals surface area contributed by atoms with Crippen molar-refractivity contribution in [2.45, 2.75) is 31.8 Å². The molecule has 0 radical (unpaired) electrons. The monoisotopic (exact) mass is 372 g/mol. The highest BCUT2D eigenvalue weighted by Gasteiger charge is 2.41. The van der Waals surface area contributed by atoms with Crippen LogP contribution in [0.3, 0.4) is 0 Å². The van der Waals surface area contributed by atoms with Crippen LogP contribution in [0.1, 0.15) is 40.5 Å². The summed E-state index contributed by atoms with van der Waals surface area (Å²) in [7, 11) is 3.42. The summed E-state index contributed by atoms with van der Waals surface area (Å²) in [4.78, 5) is 53.9. The number of carbonyl (C=O) groups excluding carboxylic acids is 4. The van der Waals surface area contributed by atoms with Crippen LogP contribution < -0.4 is 5.32 Å². The normalized spacial score (nSPS) is 18.3. The van der Waals surface area contributed by atoms with E-state index in [1.165, 1.54) is 4.90 Å². The van der Waals surface area contributed by atoms with E-state index in [0.717, 1.165) is 4.90 Å². The Labute approximate surface area is 158 Å². The number of carbonyl (C=O) groups is 4. The predicted molar refractivity (Wildman–Crippen MR) is 98.2 cm³/mol. The average Bonchev–Trinajstić information content (AvgIpc) is 2.92. The first-order valence-corrected chi connectivity index (χ1v) is 9.04. The Hall–Kier alpha value is -2.90. The van der Waals surface area contributed by atoms with Gasteiger partial charge < -0.3 is 15.1 Å². The van der Waals surface area contributed by atoms with Gasteiger partial charge in [-0.3, -0.25) is 19.3 Å². The molecule has 1 aromatic carbocycles. The molecule has 0 spiro atoms. The fourth-order valence-corrected chi connectivity index (χ4v) is 3.50. The molecule has 1 saturated heterocycles. The zero-order chi connectivity index (χ0) is 19.7. The standard InChI is InChI=1S/C19H24N4O4/c1-12(23-17(25)14-6-4-5-7-15(14)18(23)26)16(24)20-13-8-10-22(11-9-13)19(27)21(2)3/h4-7,12-13H,8-11H2,1-3H3,(H,20,24). The molecule has 0 saturated carbocycles. The highest BCUT2D eigenvalue weighted by molar-refractivity contribution is 6.22. The fourth-order valence-electron chi connectivity index (χ4n) is 3.50. The minimum absolute atomic E-state index is 0.0424. The lowest BCUT2D eigenvalue weighted by Gasteiger charge is -2.34. The number of rotatable bonds is 3. The number of nitrogens with zero attached hydrogens (tertiary/aromatic N) is 3. The Morgan fingerprint density at radius 1 is 1.07 bits per heavy atom. The van der Waals surface area contributed by atoms with E-state index in [4.69, 9.17) is 0 Å². The maximum atomic E-state index is 12.6. The second-order valence-corrected chi connectivity index (χ2v) is 7.15. The summed E-state index contributed by atoms with van der Waals surface area (Å²) in [6.07, 6.45) is 1.28. The van der Waals surface area contributed by atoms with Crippen LogP contribution in [0.5, 0.6) is 0 Å². The number of urea groups is 1. The van der Waals surface area contributed by atoms with E-state index < -0.39 is 17.9 Å². The van der Waals surface area contributed by atoms with Crippen LogP contribution in [0, 0.1) is 0 Å². The first kappa shape index (κ1) is 18.9. The number of hydrogen-bond acceptors (Lipinski definition) is 4. The van der Waals surface area contributed by atoms with Crippen molar-refractivity contribution in [3.05, 3.63) is 35.4 Å². The van der Waals surface area contributed by atoms with Crippen molar-refractivity contribution in [2.75, 3.05) is 27.2 Å². The highest BCUT2D eigenvalue weighted by Crippen LogP contribution is 2.24. The summed E-state index contributed by atoms with van der Waals surface area (Å²) in [5.41, 5.74) is 0.662. The van der Waals surface area contributed by atoms with E-state index in [9.17, 15) is 19.2 Å². The summed E-state index contributed by atoms with van der Waals surface area (Å²) in [5.74, 6) is -1.24. The fraction of sp³-hybridized carbons (Fsp3) is 0.474. The molecule has 5 amide bonds. The van der Waals surface area contributed by atoms with Gasteiger partial charge in [0.05, 0.1) is 11.1 Å². The Morgan fingerprint density at radius 3 is 2.07 bits per heavy atom. The first-order chi connectivity index (χ1) is 12.8. The third-order valence-electron chi connectivity index (χ3n) is 5.09. The van der Waals surface area contributed by atoms with Crippen molar-refractivity contribution in [1.29, 1.82) is 0 Å². The number of imide groups is 1. The van der Waals surface area contributed by atoms with Gasteiger partial charge in [-0.25, -0.2) is 4.79 Å². The molecular weight excluding hydrogens is 348 g/mol. The van der Waals surface area contributed by atoms with Gasteiger partial charge in [-0.2, -0.15) is 0 Å². The Kier molecular flexibility index (Phi) is 5.16. The van der Waals surface area contributed by atoms with Gasteiger partial charge in [0.15, 0.2) is 0 Å². The number of hydrogen-bond donors (Lipinski definition) is 1. The van der Waals surface area contributed by atoms with Gasteiger partial charge in [0.25, 0.3) is 11.8 Å². The number of likely N-dealkylation sites (tertiary alicyclic amines) is 1. The summed E-state index contributed by atoms with van der Waals surface area (Å²) in [6, 6.07) is 5.57. The minimum Gasteiger partial charge on any atom is -0.351 e. The van der Waals surface area contributed by atoms with Gasteiger partial charge in [0, 0.05) is 33.2 Å². The summed E-state index contributed by atoms with van der Waals surface area (Å²) in [6.45, 7) is 2.68. The topological polar surface area (TPSA) is 90.0 Å². The van der Waals surface area contributed by atoms with E-state index in [0.29, 0.717) is 37.1 Å². The molecule has 1 aromatic rings. The zero-order valence-electron chi connectivity index (χ0n) is 15.8. The van der Waals surface area contributed by atoms with Crippen LogP contribution >= 0.6 is 0 Å². The van der Waals surface area contributed by atoms with Gasteiger partial charge in [-0.1, -0.05) is 12.1 Å². The van der Waals surface area contributed by atoms with Crippen LogP contribution in [0.4, 0.5) is 4.79 Å². The molecule has 2 heterocycles. The smallest absolute Gasteiger partial charge is 0.319 e. The first-order valence-electron chi connectivity index (χ1n) is 9.04. The van der Waals surface area contributed by atoms with Gasteiger partial charge in [-0.15, -0.1) is 0 Å². The molecule has 27 heavy (non-hydrogen) atoms. The van der Waals surface area contributed by atoms with Gasteiger partial charge in [-0.05, 0) is 31.9 Å². The van der Waals surface area contributed by atoms with Crippen molar-refractivity contribution < 1.29 is 19.2 Å². The molecule has 1 unspecified atom stereocenters. The van der Waals surface area contributed by atoms with E-state index in [1.54, 1.807) is 50.2 Å². The third-order valence-corrected chi connectivity index (χ3v) is 5.09. The number of fused-ring (bicyclic) bond motifs is 1. The molecule has 0 aliphatic carbocycles. The van der Waals surface area contributed by atoms with Crippen molar-refractivity contribution in [3.63, 3.8) is 0 Å². The maximum absolute atomic E-state index is 12.6. The molecule has 1 atom stereocenters. The molecule has 8 nitrogen and oxygen atoms in total. The second kappa shape index (κ2) is 7.38. The molecule has 2 aliphatic rings. The molecule has 8 heteroatoms. The van der Waals surface area contributed by atoms with Crippen molar-refractivity contribution in [1.82, 2.24) is 20.0 Å². The van der Waals surface area contributed by atoms with Crippen LogP contribution in [0.25, 0.3) is 0 Å². The number of amides is 5. The largest absolute Gasteiger partial charge is 0.351 e. The zero-order valence-corrected chi connectivity index (χ0v) is 15.8. The lowest BCUT2D eigenvalue weighted by Crippen LogP contribution is -2.53. The minimum atomic E-state index is -0.890. The molecule has 2 aliphatic heterocycles. The van der Waals surface area contributed by atoms with Crippen LogP contribution in [0.2, 0.25) is 0 Å². The molecule has 3 rings (SSSR count). The van der Waals surface area contributed by atoms with Gasteiger partial charge in [0.1, 0.15) is 6.04 Å². The Morgan fingerprint density at radius 2 is 1.59 bits per heavy atom. The van der Waals surface area contributed by atoms with E-state index in [2.05, 4.69) is 5.32 Å². The molecule has 0 bridgehead atoms. The van der Waals surface area contributed by atoms with Crippen molar-refractivity contribution in [3.8, 4) is 0 Å². The maximum Gasteiger partial charge on any atom is 0.319 e.